The molecule has 3 rings (SSSR count). The summed E-state index contributed by atoms with van der Waals surface area (Å²) in [6, 6.07) is 0.0777. The molecule has 0 fully saturated rings. The summed E-state index contributed by atoms with van der Waals surface area (Å²) in [5.74, 6) is 0.875. The van der Waals surface area contributed by atoms with Gasteiger partial charge in [-0.05, 0) is 36.7 Å². The maximum Gasteiger partial charge on any atom is 0.195 e. The molecule has 0 aliphatic heterocycles. The van der Waals surface area contributed by atoms with Crippen LogP contribution in [0.2, 0.25) is 0 Å². The van der Waals surface area contributed by atoms with E-state index in [4.69, 9.17) is 10.7 Å². The summed E-state index contributed by atoms with van der Waals surface area (Å²) >= 11 is 5.19. The first-order valence-electron chi connectivity index (χ1n) is 6.41. The van der Waals surface area contributed by atoms with Crippen LogP contribution >= 0.6 is 27.3 Å². The van der Waals surface area contributed by atoms with Crippen molar-refractivity contribution in [3.63, 3.8) is 0 Å². The van der Waals surface area contributed by atoms with Gasteiger partial charge in [0.1, 0.15) is 0 Å². The van der Waals surface area contributed by atoms with Crippen molar-refractivity contribution in [2.24, 2.45) is 5.73 Å². The maximum atomic E-state index is 5.99. The third-order valence-electron chi connectivity index (χ3n) is 3.26. The number of fused-ring (bicyclic) bond motifs is 1. The van der Waals surface area contributed by atoms with Crippen molar-refractivity contribution in [2.75, 3.05) is 0 Å². The van der Waals surface area contributed by atoms with Crippen LogP contribution in [-0.2, 0) is 6.42 Å². The van der Waals surface area contributed by atoms with Crippen molar-refractivity contribution in [3.05, 3.63) is 33.1 Å². The summed E-state index contributed by atoms with van der Waals surface area (Å²) in [5.41, 5.74) is 9.11. The Morgan fingerprint density at radius 1 is 1.45 bits per heavy atom. The van der Waals surface area contributed by atoms with Gasteiger partial charge < -0.3 is 5.73 Å². The van der Waals surface area contributed by atoms with E-state index >= 15 is 0 Å². The average molecular weight is 354 g/mol. The summed E-state index contributed by atoms with van der Waals surface area (Å²) in [6.07, 6.45) is 2.80. The predicted octanol–water partition coefficient (Wildman–Crippen LogP) is 2.85. The SMILES string of the molecule is Cc1nn(-c2nc3sccn3c2CC(C)N)c(C)c1Br. The molecule has 0 aliphatic carbocycles. The fraction of sp³-hybridized carbons (Fsp3) is 0.385. The number of imidazole rings is 1. The Labute approximate surface area is 129 Å². The molecule has 1 atom stereocenters. The van der Waals surface area contributed by atoms with Crippen LogP contribution in [0.4, 0.5) is 0 Å². The van der Waals surface area contributed by atoms with Gasteiger partial charge in [-0.3, -0.25) is 4.40 Å². The van der Waals surface area contributed by atoms with Gasteiger partial charge in [0.25, 0.3) is 0 Å². The molecule has 106 valence electrons. The maximum absolute atomic E-state index is 5.99. The molecular formula is C13H16BrN5S. The summed E-state index contributed by atoms with van der Waals surface area (Å²) in [5, 5.41) is 6.62. The molecule has 2 N–H and O–H groups in total. The van der Waals surface area contributed by atoms with E-state index in [0.29, 0.717) is 0 Å². The molecule has 3 aromatic heterocycles. The minimum atomic E-state index is 0.0777. The summed E-state index contributed by atoms with van der Waals surface area (Å²) < 4.78 is 5.03. The Morgan fingerprint density at radius 3 is 2.80 bits per heavy atom. The molecule has 20 heavy (non-hydrogen) atoms. The van der Waals surface area contributed by atoms with Gasteiger partial charge in [0, 0.05) is 24.0 Å². The molecule has 0 bridgehead atoms. The van der Waals surface area contributed by atoms with Crippen molar-refractivity contribution < 1.29 is 0 Å². The van der Waals surface area contributed by atoms with Gasteiger partial charge in [0.15, 0.2) is 10.8 Å². The van der Waals surface area contributed by atoms with Gasteiger partial charge >= 0.3 is 0 Å². The third-order valence-corrected chi connectivity index (χ3v) is 5.16. The normalized spacial score (nSPS) is 13.2. The van der Waals surface area contributed by atoms with Gasteiger partial charge in [-0.15, -0.1) is 11.3 Å². The molecule has 1 unspecified atom stereocenters. The highest BCUT2D eigenvalue weighted by Gasteiger charge is 2.20. The zero-order valence-electron chi connectivity index (χ0n) is 11.6. The van der Waals surface area contributed by atoms with E-state index in [-0.39, 0.29) is 6.04 Å². The van der Waals surface area contributed by atoms with E-state index in [0.717, 1.165) is 38.8 Å². The second kappa shape index (κ2) is 4.98. The number of nitrogens with two attached hydrogens (primary N) is 1. The topological polar surface area (TPSA) is 61.1 Å². The van der Waals surface area contributed by atoms with Gasteiger partial charge in [-0.2, -0.15) is 10.1 Å². The number of rotatable bonds is 3. The lowest BCUT2D eigenvalue weighted by Gasteiger charge is -2.08. The lowest BCUT2D eigenvalue weighted by Crippen LogP contribution is -2.20. The smallest absolute Gasteiger partial charge is 0.195 e. The first kappa shape index (κ1) is 13.8. The summed E-state index contributed by atoms with van der Waals surface area (Å²) in [7, 11) is 0. The van der Waals surface area contributed by atoms with Gasteiger partial charge in [-0.25, -0.2) is 4.68 Å². The predicted molar refractivity (Wildman–Crippen MR) is 84.7 cm³/mol. The van der Waals surface area contributed by atoms with Crippen molar-refractivity contribution in [1.82, 2.24) is 19.2 Å². The third kappa shape index (κ3) is 2.10. The van der Waals surface area contributed by atoms with E-state index in [1.807, 2.05) is 37.0 Å². The molecule has 0 radical (unpaired) electrons. The van der Waals surface area contributed by atoms with Crippen LogP contribution in [0.25, 0.3) is 10.8 Å². The van der Waals surface area contributed by atoms with E-state index in [1.54, 1.807) is 11.3 Å². The fourth-order valence-electron chi connectivity index (χ4n) is 2.32. The quantitative estimate of drug-likeness (QED) is 0.787. The Bertz CT molecular complexity index is 767. The van der Waals surface area contributed by atoms with E-state index in [2.05, 4.69) is 25.4 Å². The van der Waals surface area contributed by atoms with Crippen LogP contribution in [-0.4, -0.2) is 25.2 Å². The van der Waals surface area contributed by atoms with Crippen LogP contribution in [0.15, 0.2) is 16.0 Å². The van der Waals surface area contributed by atoms with Gasteiger partial charge in [0.2, 0.25) is 0 Å². The molecular weight excluding hydrogens is 338 g/mol. The minimum absolute atomic E-state index is 0.0777. The Balaban J connectivity index is 2.24. The number of aryl methyl sites for hydroxylation is 1. The van der Waals surface area contributed by atoms with Crippen LogP contribution < -0.4 is 5.73 Å². The van der Waals surface area contributed by atoms with Crippen LogP contribution in [0, 0.1) is 13.8 Å². The highest BCUT2D eigenvalue weighted by molar-refractivity contribution is 9.10. The Hall–Kier alpha value is -1.18. The number of hydrogen-bond donors (Lipinski definition) is 1. The standard InChI is InChI=1S/C13H16BrN5S/c1-7(15)6-10-12(16-13-18(10)4-5-20-13)19-9(3)11(14)8(2)17-19/h4-5,7H,6,15H2,1-3H3. The van der Waals surface area contributed by atoms with Gasteiger partial charge in [-0.1, -0.05) is 0 Å². The summed E-state index contributed by atoms with van der Waals surface area (Å²) in [4.78, 5) is 5.69. The second-order valence-electron chi connectivity index (χ2n) is 5.02. The highest BCUT2D eigenvalue weighted by atomic mass is 79.9. The van der Waals surface area contributed by atoms with Crippen molar-refractivity contribution in [3.8, 4) is 5.82 Å². The van der Waals surface area contributed by atoms with E-state index in [1.165, 1.54) is 0 Å². The largest absolute Gasteiger partial charge is 0.328 e. The number of hydrogen-bond acceptors (Lipinski definition) is 4. The zero-order valence-corrected chi connectivity index (χ0v) is 14.0. The molecule has 3 heterocycles. The zero-order chi connectivity index (χ0) is 14.4. The highest BCUT2D eigenvalue weighted by Crippen LogP contribution is 2.26. The van der Waals surface area contributed by atoms with Crippen LogP contribution in [0.5, 0.6) is 0 Å². The van der Waals surface area contributed by atoms with Crippen molar-refractivity contribution in [1.29, 1.82) is 0 Å². The van der Waals surface area contributed by atoms with Crippen molar-refractivity contribution in [2.45, 2.75) is 33.2 Å². The molecule has 5 nitrogen and oxygen atoms in total. The minimum Gasteiger partial charge on any atom is -0.328 e. The van der Waals surface area contributed by atoms with Crippen LogP contribution in [0.1, 0.15) is 24.0 Å². The molecule has 0 saturated carbocycles. The molecule has 0 spiro atoms. The molecule has 0 saturated heterocycles. The van der Waals surface area contributed by atoms with Crippen LogP contribution in [0.3, 0.4) is 0 Å². The fourth-order valence-corrected chi connectivity index (χ4v) is 3.29. The van der Waals surface area contributed by atoms with E-state index in [9.17, 15) is 0 Å². The Morgan fingerprint density at radius 2 is 2.20 bits per heavy atom. The lowest BCUT2D eigenvalue weighted by molar-refractivity contribution is 0.701. The first-order valence-corrected chi connectivity index (χ1v) is 8.08. The molecule has 7 heteroatoms. The number of aromatic nitrogens is 4. The lowest BCUT2D eigenvalue weighted by atomic mass is 10.2. The van der Waals surface area contributed by atoms with Gasteiger partial charge in [0.05, 0.1) is 21.6 Å². The molecule has 0 aromatic carbocycles. The number of halogens is 1. The van der Waals surface area contributed by atoms with Crippen molar-refractivity contribution >= 4 is 32.2 Å². The first-order chi connectivity index (χ1) is 9.49. The number of nitrogens with zero attached hydrogens (tertiary/aromatic N) is 4. The molecule has 0 amide bonds. The van der Waals surface area contributed by atoms with E-state index < -0.39 is 0 Å². The summed E-state index contributed by atoms with van der Waals surface area (Å²) in [6.45, 7) is 6.02. The monoisotopic (exact) mass is 353 g/mol. The Kier molecular flexibility index (Phi) is 3.43. The molecule has 0 aliphatic rings. The molecule has 3 aromatic rings. The average Bonchev–Trinajstić information content (AvgIpc) is 3.02. The second-order valence-corrected chi connectivity index (χ2v) is 6.68. The number of thiazole rings is 1.